The number of hydrogen-bond acceptors (Lipinski definition) is 2. The van der Waals surface area contributed by atoms with E-state index in [1.165, 1.54) is 0 Å². The number of nitrogens with one attached hydrogen (secondary N) is 1. The minimum Gasteiger partial charge on any atom is -0.451 e. The molecule has 1 amide bonds. The number of rotatable bonds is 2. The molecule has 0 spiro atoms. The van der Waals surface area contributed by atoms with E-state index in [0.29, 0.717) is 0 Å². The smallest absolute Gasteiger partial charge is 0.282 e. The lowest BCUT2D eigenvalue weighted by Crippen LogP contribution is -2.17. The largest absolute Gasteiger partial charge is 0.451 e. The first-order valence-corrected chi connectivity index (χ1v) is 5.47. The number of anilines is 1. The van der Waals surface area contributed by atoms with Gasteiger partial charge in [0.05, 0.1) is 0 Å². The molecule has 0 fully saturated rings. The van der Waals surface area contributed by atoms with E-state index in [-0.39, 0.29) is 18.7 Å². The van der Waals surface area contributed by atoms with Crippen molar-refractivity contribution in [2.24, 2.45) is 5.92 Å². The van der Waals surface area contributed by atoms with E-state index < -0.39 is 0 Å². The molecule has 2 N–H and O–H groups in total. The minimum absolute atomic E-state index is 0.0326. The first-order valence-electron chi connectivity index (χ1n) is 5.47. The van der Waals surface area contributed by atoms with Gasteiger partial charge in [0.1, 0.15) is 0 Å². The van der Waals surface area contributed by atoms with E-state index in [2.05, 4.69) is 5.32 Å². The first kappa shape index (κ1) is 14.7. The minimum atomic E-state index is -0.167. The molecule has 0 aliphatic carbocycles. The molecule has 0 heterocycles. The van der Waals surface area contributed by atoms with Crippen molar-refractivity contribution in [3.63, 3.8) is 0 Å². The third-order valence-electron chi connectivity index (χ3n) is 1.57. The molecule has 1 aromatic carbocycles. The van der Waals surface area contributed by atoms with Crippen LogP contribution in [0.2, 0.25) is 13.6 Å². The standard InChI is InChI=1S/C10H13NO.C2H7BO/c1-8(2)10(12)11-9-6-4-3-5-7-9;1-3(2)4/h3-8H,1-2H3,(H,11,12);4H,1-2H3. The highest BCUT2D eigenvalue weighted by atomic mass is 16.2. The van der Waals surface area contributed by atoms with Gasteiger partial charge in [-0.05, 0) is 12.1 Å². The molecule has 0 unspecified atom stereocenters. The molecule has 3 nitrogen and oxygen atoms in total. The number of carbonyl (C=O) groups excluding carboxylic acids is 1. The maximum absolute atomic E-state index is 11.2. The van der Waals surface area contributed by atoms with Gasteiger partial charge in [-0.1, -0.05) is 45.7 Å². The average Bonchev–Trinajstić information content (AvgIpc) is 2.18. The van der Waals surface area contributed by atoms with Gasteiger partial charge in [-0.25, -0.2) is 0 Å². The summed E-state index contributed by atoms with van der Waals surface area (Å²) in [5.74, 6) is 0.0893. The summed E-state index contributed by atoms with van der Waals surface area (Å²) in [7, 11) is 0. The number of carbonyl (C=O) groups is 1. The maximum Gasteiger partial charge on any atom is 0.282 e. The molecule has 16 heavy (non-hydrogen) atoms. The molecule has 0 radical (unpaired) electrons. The SMILES string of the molecule is CB(C)O.CC(C)C(=O)Nc1ccccc1. The van der Waals surface area contributed by atoms with Crippen LogP contribution in [0.4, 0.5) is 5.69 Å². The van der Waals surface area contributed by atoms with Gasteiger partial charge in [0.2, 0.25) is 5.91 Å². The lowest BCUT2D eigenvalue weighted by Gasteiger charge is -2.06. The second-order valence-corrected chi connectivity index (χ2v) is 4.10. The Hall–Kier alpha value is -1.29. The maximum atomic E-state index is 11.2. The van der Waals surface area contributed by atoms with Crippen LogP contribution < -0.4 is 5.32 Å². The Morgan fingerprint density at radius 2 is 1.69 bits per heavy atom. The Bertz CT molecular complexity index is 296. The van der Waals surface area contributed by atoms with Crippen molar-refractivity contribution in [3.05, 3.63) is 30.3 Å². The van der Waals surface area contributed by atoms with Gasteiger partial charge in [0.25, 0.3) is 6.92 Å². The van der Waals surface area contributed by atoms with Crippen molar-refractivity contribution in [3.8, 4) is 0 Å². The molecular formula is C12H20BNO2. The summed E-state index contributed by atoms with van der Waals surface area (Å²) in [6.07, 6.45) is 0. The predicted octanol–water partition coefficient (Wildman–Crippen LogP) is 2.51. The highest BCUT2D eigenvalue weighted by molar-refractivity contribution is 6.46. The fraction of sp³-hybridized carbons (Fsp3) is 0.417. The molecule has 4 heteroatoms. The van der Waals surface area contributed by atoms with Crippen LogP contribution in [0.5, 0.6) is 0 Å². The van der Waals surface area contributed by atoms with Gasteiger partial charge in [-0.15, -0.1) is 0 Å². The van der Waals surface area contributed by atoms with Crippen LogP contribution in [-0.2, 0) is 4.79 Å². The van der Waals surface area contributed by atoms with Crippen molar-refractivity contribution in [2.45, 2.75) is 27.5 Å². The van der Waals surface area contributed by atoms with Gasteiger partial charge in [-0.2, -0.15) is 0 Å². The Kier molecular flexibility index (Phi) is 7.30. The van der Waals surface area contributed by atoms with Crippen molar-refractivity contribution < 1.29 is 9.82 Å². The van der Waals surface area contributed by atoms with E-state index in [9.17, 15) is 4.79 Å². The summed E-state index contributed by atoms with van der Waals surface area (Å²) >= 11 is 0. The zero-order valence-electron chi connectivity index (χ0n) is 10.4. The predicted molar refractivity (Wildman–Crippen MR) is 69.6 cm³/mol. The summed E-state index contributed by atoms with van der Waals surface area (Å²) in [5, 5.41) is 10.9. The van der Waals surface area contributed by atoms with E-state index in [1.807, 2.05) is 44.2 Å². The highest BCUT2D eigenvalue weighted by Crippen LogP contribution is 2.06. The van der Waals surface area contributed by atoms with Crippen molar-refractivity contribution >= 4 is 18.5 Å². The van der Waals surface area contributed by atoms with Gasteiger partial charge < -0.3 is 10.3 Å². The molecule has 0 aliphatic heterocycles. The lowest BCUT2D eigenvalue weighted by atomic mass is 9.76. The monoisotopic (exact) mass is 221 g/mol. The third-order valence-corrected chi connectivity index (χ3v) is 1.57. The van der Waals surface area contributed by atoms with Crippen LogP contribution in [0, 0.1) is 5.92 Å². The fourth-order valence-electron chi connectivity index (χ4n) is 0.808. The van der Waals surface area contributed by atoms with Crippen molar-refractivity contribution in [1.29, 1.82) is 0 Å². The molecule has 0 saturated heterocycles. The van der Waals surface area contributed by atoms with Crippen LogP contribution in [0.15, 0.2) is 30.3 Å². The zero-order valence-corrected chi connectivity index (χ0v) is 10.4. The van der Waals surface area contributed by atoms with E-state index in [0.717, 1.165) is 5.69 Å². The Balaban J connectivity index is 0.000000487. The van der Waals surface area contributed by atoms with Crippen LogP contribution in [0.25, 0.3) is 0 Å². The third kappa shape index (κ3) is 8.06. The van der Waals surface area contributed by atoms with Crippen LogP contribution in [-0.4, -0.2) is 17.8 Å². The number of benzene rings is 1. The summed E-state index contributed by atoms with van der Waals surface area (Å²) in [6.45, 7) is 7.02. The fourth-order valence-corrected chi connectivity index (χ4v) is 0.808. The van der Waals surface area contributed by atoms with Gasteiger partial charge in [0.15, 0.2) is 0 Å². The van der Waals surface area contributed by atoms with Gasteiger partial charge in [0, 0.05) is 11.6 Å². The van der Waals surface area contributed by atoms with Crippen LogP contribution >= 0.6 is 0 Å². The number of para-hydroxylation sites is 1. The molecule has 0 aliphatic rings. The van der Waals surface area contributed by atoms with Gasteiger partial charge in [-0.3, -0.25) is 4.79 Å². The molecular weight excluding hydrogens is 201 g/mol. The summed E-state index contributed by atoms with van der Waals surface area (Å²) in [4.78, 5) is 11.2. The summed E-state index contributed by atoms with van der Waals surface area (Å²) in [5.41, 5.74) is 0.858. The second kappa shape index (κ2) is 7.94. The molecule has 1 rings (SSSR count). The number of hydrogen-bond donors (Lipinski definition) is 2. The molecule has 88 valence electrons. The Labute approximate surface area is 98.0 Å². The first-order chi connectivity index (χ1) is 7.43. The summed E-state index contributed by atoms with van der Waals surface area (Å²) in [6, 6.07) is 9.47. The summed E-state index contributed by atoms with van der Waals surface area (Å²) < 4.78 is 0. The lowest BCUT2D eigenvalue weighted by molar-refractivity contribution is -0.118. The molecule has 0 bridgehead atoms. The normalized spacial score (nSPS) is 9.12. The van der Waals surface area contributed by atoms with Gasteiger partial charge >= 0.3 is 0 Å². The average molecular weight is 221 g/mol. The van der Waals surface area contributed by atoms with E-state index >= 15 is 0 Å². The van der Waals surface area contributed by atoms with Crippen molar-refractivity contribution in [1.82, 2.24) is 0 Å². The van der Waals surface area contributed by atoms with Crippen LogP contribution in [0.1, 0.15) is 13.8 Å². The molecule has 0 atom stereocenters. The Morgan fingerprint density at radius 3 is 2.06 bits per heavy atom. The molecule has 0 aromatic heterocycles. The molecule has 0 saturated carbocycles. The second-order valence-electron chi connectivity index (χ2n) is 4.10. The van der Waals surface area contributed by atoms with Crippen LogP contribution in [0.3, 0.4) is 0 Å². The van der Waals surface area contributed by atoms with E-state index in [4.69, 9.17) is 5.02 Å². The van der Waals surface area contributed by atoms with E-state index in [1.54, 1.807) is 13.6 Å². The topological polar surface area (TPSA) is 49.3 Å². The zero-order chi connectivity index (χ0) is 12.6. The number of amides is 1. The van der Waals surface area contributed by atoms with Crippen molar-refractivity contribution in [2.75, 3.05) is 5.32 Å². The highest BCUT2D eigenvalue weighted by Gasteiger charge is 2.05. The quantitative estimate of drug-likeness (QED) is 0.754. The Morgan fingerprint density at radius 1 is 1.25 bits per heavy atom. The molecule has 1 aromatic rings.